The molecular formula is C13H21NO3S. The topological polar surface area (TPSA) is 69.4 Å². The molecule has 0 aromatic heterocycles. The van der Waals surface area contributed by atoms with E-state index in [1.165, 1.54) is 7.11 Å². The van der Waals surface area contributed by atoms with Crippen molar-refractivity contribution in [3.05, 3.63) is 29.3 Å². The second-order valence-corrected chi connectivity index (χ2v) is 7.96. The lowest BCUT2D eigenvalue weighted by molar-refractivity contribution is 0.410. The average Bonchev–Trinajstić information content (AvgIpc) is 2.26. The molecule has 0 unspecified atom stereocenters. The zero-order valence-electron chi connectivity index (χ0n) is 11.4. The molecule has 5 heteroatoms. The second kappa shape index (κ2) is 5.28. The van der Waals surface area contributed by atoms with E-state index in [0.717, 1.165) is 5.56 Å². The van der Waals surface area contributed by atoms with Crippen LogP contribution in [0.25, 0.3) is 0 Å². The Kier molecular flexibility index (Phi) is 4.40. The summed E-state index contributed by atoms with van der Waals surface area (Å²) in [6.07, 6.45) is 0. The number of rotatable bonds is 4. The summed E-state index contributed by atoms with van der Waals surface area (Å²) in [5.41, 5.74) is 7.13. The fraction of sp³-hybridized carbons (Fsp3) is 0.538. The van der Waals surface area contributed by atoms with Gasteiger partial charge in [-0.3, -0.25) is 0 Å². The van der Waals surface area contributed by atoms with Crippen molar-refractivity contribution in [3.63, 3.8) is 0 Å². The average molecular weight is 271 g/mol. The van der Waals surface area contributed by atoms with Gasteiger partial charge in [0, 0.05) is 12.1 Å². The van der Waals surface area contributed by atoms with Crippen LogP contribution >= 0.6 is 0 Å². The van der Waals surface area contributed by atoms with Crippen LogP contribution in [-0.4, -0.2) is 20.3 Å². The maximum atomic E-state index is 12.2. The lowest BCUT2D eigenvalue weighted by Gasteiger charge is -2.20. The van der Waals surface area contributed by atoms with Crippen molar-refractivity contribution < 1.29 is 13.2 Å². The molecule has 18 heavy (non-hydrogen) atoms. The van der Waals surface area contributed by atoms with E-state index in [1.54, 1.807) is 32.9 Å². The largest absolute Gasteiger partial charge is 0.496 e. The molecule has 0 atom stereocenters. The summed E-state index contributed by atoms with van der Waals surface area (Å²) >= 11 is 0. The van der Waals surface area contributed by atoms with Crippen LogP contribution in [0.2, 0.25) is 0 Å². The number of ether oxygens (including phenoxy) is 1. The van der Waals surface area contributed by atoms with Crippen LogP contribution in [0.5, 0.6) is 5.75 Å². The molecule has 0 heterocycles. The Bertz CT molecular complexity index is 516. The molecule has 0 aliphatic rings. The van der Waals surface area contributed by atoms with Crippen molar-refractivity contribution in [2.75, 3.05) is 7.11 Å². The summed E-state index contributed by atoms with van der Waals surface area (Å²) in [5, 5.41) is 0. The van der Waals surface area contributed by atoms with Gasteiger partial charge in [-0.15, -0.1) is 0 Å². The van der Waals surface area contributed by atoms with Crippen molar-refractivity contribution in [2.45, 2.75) is 37.8 Å². The van der Waals surface area contributed by atoms with E-state index in [9.17, 15) is 8.42 Å². The highest BCUT2D eigenvalue weighted by atomic mass is 32.2. The first kappa shape index (κ1) is 15.0. The molecule has 2 N–H and O–H groups in total. The Hall–Kier alpha value is -1.07. The molecule has 0 radical (unpaired) electrons. The van der Waals surface area contributed by atoms with E-state index in [-0.39, 0.29) is 5.75 Å². The van der Waals surface area contributed by atoms with Crippen LogP contribution in [0.3, 0.4) is 0 Å². The highest BCUT2D eigenvalue weighted by Gasteiger charge is 2.30. The van der Waals surface area contributed by atoms with Gasteiger partial charge in [0.2, 0.25) is 0 Å². The fourth-order valence-corrected chi connectivity index (χ4v) is 2.56. The molecule has 0 spiro atoms. The minimum atomic E-state index is -3.23. The van der Waals surface area contributed by atoms with E-state index in [2.05, 4.69) is 0 Å². The first-order valence-electron chi connectivity index (χ1n) is 5.79. The number of nitrogens with two attached hydrogens (primary N) is 1. The molecule has 0 bridgehead atoms. The third-order valence-electron chi connectivity index (χ3n) is 2.86. The predicted molar refractivity (Wildman–Crippen MR) is 73.3 cm³/mol. The molecular weight excluding hydrogens is 250 g/mol. The first-order chi connectivity index (χ1) is 8.21. The van der Waals surface area contributed by atoms with Gasteiger partial charge in [0.1, 0.15) is 5.75 Å². The van der Waals surface area contributed by atoms with Crippen LogP contribution < -0.4 is 10.5 Å². The molecule has 0 aliphatic heterocycles. The van der Waals surface area contributed by atoms with Crippen LogP contribution in [0.1, 0.15) is 31.9 Å². The van der Waals surface area contributed by atoms with Crippen LogP contribution in [0.4, 0.5) is 0 Å². The van der Waals surface area contributed by atoms with Crippen molar-refractivity contribution in [3.8, 4) is 5.75 Å². The minimum Gasteiger partial charge on any atom is -0.496 e. The Balaban J connectivity index is 3.18. The van der Waals surface area contributed by atoms with Crippen molar-refractivity contribution in [1.82, 2.24) is 0 Å². The van der Waals surface area contributed by atoms with Gasteiger partial charge < -0.3 is 10.5 Å². The molecule has 0 fully saturated rings. The normalized spacial score (nSPS) is 12.5. The van der Waals surface area contributed by atoms with E-state index in [4.69, 9.17) is 10.5 Å². The summed E-state index contributed by atoms with van der Waals surface area (Å²) in [6.45, 7) is 5.47. The number of hydrogen-bond acceptors (Lipinski definition) is 4. The smallest absolute Gasteiger partial charge is 0.159 e. The number of methoxy groups -OCH3 is 1. The van der Waals surface area contributed by atoms with Gasteiger partial charge in [-0.25, -0.2) is 8.42 Å². The Labute approximate surface area is 109 Å². The summed E-state index contributed by atoms with van der Waals surface area (Å²) in [7, 11) is -1.70. The lowest BCUT2D eigenvalue weighted by Crippen LogP contribution is -2.29. The van der Waals surface area contributed by atoms with Gasteiger partial charge >= 0.3 is 0 Å². The summed E-state index contributed by atoms with van der Waals surface area (Å²) in [6, 6.07) is 5.39. The highest BCUT2D eigenvalue weighted by molar-refractivity contribution is 7.91. The molecule has 0 aliphatic carbocycles. The molecule has 102 valence electrons. The Morgan fingerprint density at radius 3 is 2.33 bits per heavy atom. The highest BCUT2D eigenvalue weighted by Crippen LogP contribution is 2.27. The quantitative estimate of drug-likeness (QED) is 0.907. The maximum Gasteiger partial charge on any atom is 0.159 e. The van der Waals surface area contributed by atoms with Crippen LogP contribution in [0, 0.1) is 0 Å². The third-order valence-corrected chi connectivity index (χ3v) is 5.42. The zero-order valence-corrected chi connectivity index (χ0v) is 12.2. The van der Waals surface area contributed by atoms with Gasteiger partial charge in [-0.1, -0.05) is 6.07 Å². The lowest BCUT2D eigenvalue weighted by atomic mass is 10.1. The van der Waals surface area contributed by atoms with Gasteiger partial charge in [-0.05, 0) is 38.5 Å². The molecule has 4 nitrogen and oxygen atoms in total. The predicted octanol–water partition coefficient (Wildman–Crippen LogP) is 1.87. The SMILES string of the molecule is COc1ccc(CN)cc1CS(=O)(=O)C(C)(C)C. The zero-order chi connectivity index (χ0) is 14.0. The number of benzene rings is 1. The van der Waals surface area contributed by atoms with E-state index < -0.39 is 14.6 Å². The van der Waals surface area contributed by atoms with Crippen LogP contribution in [-0.2, 0) is 22.1 Å². The molecule has 0 amide bonds. The monoisotopic (exact) mass is 271 g/mol. The van der Waals surface area contributed by atoms with E-state index >= 15 is 0 Å². The Morgan fingerprint density at radius 1 is 1.28 bits per heavy atom. The number of hydrogen-bond donors (Lipinski definition) is 1. The van der Waals surface area contributed by atoms with Crippen molar-refractivity contribution >= 4 is 9.84 Å². The molecule has 1 aromatic rings. The molecule has 1 aromatic carbocycles. The van der Waals surface area contributed by atoms with E-state index in [0.29, 0.717) is 17.9 Å². The van der Waals surface area contributed by atoms with Crippen LogP contribution in [0.15, 0.2) is 18.2 Å². The second-order valence-electron chi connectivity index (χ2n) is 5.22. The Morgan fingerprint density at radius 2 is 1.89 bits per heavy atom. The summed E-state index contributed by atoms with van der Waals surface area (Å²) < 4.78 is 28.8. The van der Waals surface area contributed by atoms with Gasteiger partial charge in [-0.2, -0.15) is 0 Å². The minimum absolute atomic E-state index is 0.0342. The van der Waals surface area contributed by atoms with Crippen molar-refractivity contribution in [1.29, 1.82) is 0 Å². The molecule has 0 saturated carbocycles. The standard InChI is InChI=1S/C13H21NO3S/c1-13(2,3)18(15,16)9-11-7-10(8-14)5-6-12(11)17-4/h5-7H,8-9,14H2,1-4H3. The summed E-state index contributed by atoms with van der Waals surface area (Å²) in [5.74, 6) is 0.549. The fourth-order valence-electron chi connectivity index (χ4n) is 1.49. The maximum absolute atomic E-state index is 12.2. The molecule has 0 saturated heterocycles. The first-order valence-corrected chi connectivity index (χ1v) is 7.44. The van der Waals surface area contributed by atoms with E-state index in [1.807, 2.05) is 6.07 Å². The van der Waals surface area contributed by atoms with Gasteiger partial charge in [0.05, 0.1) is 17.6 Å². The van der Waals surface area contributed by atoms with Gasteiger partial charge in [0.25, 0.3) is 0 Å². The number of sulfone groups is 1. The molecule has 1 rings (SSSR count). The summed E-state index contributed by atoms with van der Waals surface area (Å²) in [4.78, 5) is 0. The van der Waals surface area contributed by atoms with Crippen molar-refractivity contribution in [2.24, 2.45) is 5.73 Å². The third kappa shape index (κ3) is 3.23. The van der Waals surface area contributed by atoms with Gasteiger partial charge in [0.15, 0.2) is 9.84 Å².